The van der Waals surface area contributed by atoms with E-state index in [9.17, 15) is 9.59 Å². The van der Waals surface area contributed by atoms with E-state index in [4.69, 9.17) is 4.74 Å². The number of nitrogens with one attached hydrogen (secondary N) is 1. The number of hydrogen-bond donors (Lipinski definition) is 1. The lowest BCUT2D eigenvalue weighted by molar-refractivity contribution is -0.139. The van der Waals surface area contributed by atoms with Gasteiger partial charge in [-0.3, -0.25) is 9.59 Å². The number of aromatic nitrogens is 1. The fourth-order valence-electron chi connectivity index (χ4n) is 3.13. The van der Waals surface area contributed by atoms with Crippen LogP contribution in [0.4, 0.5) is 5.13 Å². The molecule has 1 aliphatic rings. The normalized spacial score (nSPS) is 15.2. The van der Waals surface area contributed by atoms with Crippen LogP contribution in [-0.2, 0) is 14.3 Å². The number of aryl methyl sites for hydroxylation is 2. The molecule has 1 aromatic heterocycles. The Bertz CT molecular complexity index is 563. The topological polar surface area (TPSA) is 71.5 Å². The van der Waals surface area contributed by atoms with Gasteiger partial charge in [0.25, 0.3) is 0 Å². The molecule has 0 atom stereocenters. The number of nitrogens with zero attached hydrogens (tertiary/aromatic N) is 2. The Morgan fingerprint density at radius 3 is 2.60 bits per heavy atom. The molecule has 1 aromatic rings. The number of rotatable bonds is 8. The maximum atomic E-state index is 12.8. The Morgan fingerprint density at radius 2 is 2.00 bits per heavy atom. The van der Waals surface area contributed by atoms with Gasteiger partial charge < -0.3 is 15.0 Å². The molecule has 6 nitrogen and oxygen atoms in total. The van der Waals surface area contributed by atoms with Crippen molar-refractivity contribution < 1.29 is 14.3 Å². The second-order valence-corrected chi connectivity index (χ2v) is 7.85. The molecule has 0 aliphatic heterocycles. The smallest absolute Gasteiger partial charge is 0.245 e. The van der Waals surface area contributed by atoms with Crippen LogP contribution >= 0.6 is 11.3 Å². The summed E-state index contributed by atoms with van der Waals surface area (Å²) >= 11 is 1.46. The summed E-state index contributed by atoms with van der Waals surface area (Å²) in [5.74, 6) is -0.0128. The number of methoxy groups -OCH3 is 1. The zero-order valence-corrected chi connectivity index (χ0v) is 16.3. The van der Waals surface area contributed by atoms with Crippen LogP contribution in [0.1, 0.15) is 49.1 Å². The monoisotopic (exact) mass is 367 g/mol. The van der Waals surface area contributed by atoms with Crippen molar-refractivity contribution in [2.75, 3.05) is 32.1 Å². The van der Waals surface area contributed by atoms with Gasteiger partial charge in [-0.25, -0.2) is 4.98 Å². The van der Waals surface area contributed by atoms with Crippen LogP contribution in [0.15, 0.2) is 0 Å². The molecule has 1 fully saturated rings. The molecule has 1 aliphatic carbocycles. The lowest BCUT2D eigenvalue weighted by Crippen LogP contribution is -2.42. The Hall–Kier alpha value is -1.47. The predicted octanol–water partition coefficient (Wildman–Crippen LogP) is 3.14. The molecule has 0 aromatic carbocycles. The molecule has 1 heterocycles. The van der Waals surface area contributed by atoms with Crippen LogP contribution in [0.25, 0.3) is 0 Å². The van der Waals surface area contributed by atoms with Crippen LogP contribution in [-0.4, -0.2) is 48.5 Å². The second-order valence-electron chi connectivity index (χ2n) is 6.65. The zero-order chi connectivity index (χ0) is 18.2. The van der Waals surface area contributed by atoms with Gasteiger partial charge in [0.1, 0.15) is 0 Å². The molecule has 1 N–H and O–H groups in total. The van der Waals surface area contributed by atoms with Crippen LogP contribution in [0.3, 0.4) is 0 Å². The number of anilines is 1. The molecule has 140 valence electrons. The fraction of sp³-hybridized carbons (Fsp3) is 0.722. The number of carbonyl (C=O) groups is 2. The minimum atomic E-state index is -0.185. The molecule has 25 heavy (non-hydrogen) atoms. The highest BCUT2D eigenvalue weighted by Crippen LogP contribution is 2.26. The first kappa shape index (κ1) is 19.8. The summed E-state index contributed by atoms with van der Waals surface area (Å²) in [4.78, 5) is 32.3. The molecule has 2 amide bonds. The van der Waals surface area contributed by atoms with Crippen LogP contribution in [0.2, 0.25) is 0 Å². The van der Waals surface area contributed by atoms with Gasteiger partial charge in [-0.1, -0.05) is 19.3 Å². The number of ether oxygens (including phenoxy) is 1. The van der Waals surface area contributed by atoms with Gasteiger partial charge in [0.05, 0.1) is 12.2 Å². The third kappa shape index (κ3) is 6.08. The third-order valence-electron chi connectivity index (χ3n) is 4.65. The van der Waals surface area contributed by atoms with Gasteiger partial charge >= 0.3 is 0 Å². The average Bonchev–Trinajstić information content (AvgIpc) is 2.91. The lowest BCUT2D eigenvalue weighted by atomic mass is 9.88. The molecule has 2 rings (SSSR count). The van der Waals surface area contributed by atoms with E-state index in [-0.39, 0.29) is 24.3 Å². The highest BCUT2D eigenvalue weighted by molar-refractivity contribution is 7.15. The standard InChI is InChI=1S/C18H29N3O3S/c1-13-14(2)25-18(19-13)20-16(22)12-21(10-7-11-24-3)17(23)15-8-5-4-6-9-15/h15H,4-12H2,1-3H3,(H,19,20,22). The highest BCUT2D eigenvalue weighted by Gasteiger charge is 2.27. The fourth-order valence-corrected chi connectivity index (χ4v) is 3.96. The molecule has 7 heteroatoms. The van der Waals surface area contributed by atoms with Crippen molar-refractivity contribution >= 4 is 28.3 Å². The number of hydrogen-bond acceptors (Lipinski definition) is 5. The second kappa shape index (κ2) is 9.87. The Kier molecular flexibility index (Phi) is 7.84. The Balaban J connectivity index is 1.95. The molecular weight excluding hydrogens is 338 g/mol. The minimum Gasteiger partial charge on any atom is -0.385 e. The molecule has 0 saturated heterocycles. The zero-order valence-electron chi connectivity index (χ0n) is 15.5. The maximum Gasteiger partial charge on any atom is 0.245 e. The number of carbonyl (C=O) groups excluding carboxylic acids is 2. The summed E-state index contributed by atoms with van der Waals surface area (Å²) in [5.41, 5.74) is 0.926. The van der Waals surface area contributed by atoms with Crippen molar-refractivity contribution in [2.24, 2.45) is 5.92 Å². The third-order valence-corrected chi connectivity index (χ3v) is 5.64. The molecule has 1 saturated carbocycles. The molecule has 0 unspecified atom stereocenters. The average molecular weight is 368 g/mol. The van der Waals surface area contributed by atoms with Gasteiger partial charge in [0.15, 0.2) is 5.13 Å². The van der Waals surface area contributed by atoms with E-state index >= 15 is 0 Å². The first-order valence-electron chi connectivity index (χ1n) is 9.03. The van der Waals surface area contributed by atoms with Crippen molar-refractivity contribution in [2.45, 2.75) is 52.4 Å². The quantitative estimate of drug-likeness (QED) is 0.717. The van der Waals surface area contributed by atoms with Gasteiger partial charge in [0, 0.05) is 31.1 Å². The molecular formula is C18H29N3O3S. The van der Waals surface area contributed by atoms with Crippen LogP contribution < -0.4 is 5.32 Å². The summed E-state index contributed by atoms with van der Waals surface area (Å²) in [7, 11) is 1.65. The maximum absolute atomic E-state index is 12.8. The van der Waals surface area contributed by atoms with E-state index in [2.05, 4.69) is 10.3 Å². The number of amides is 2. The van der Waals surface area contributed by atoms with E-state index in [0.29, 0.717) is 18.3 Å². The summed E-state index contributed by atoms with van der Waals surface area (Å²) in [6, 6.07) is 0. The first-order chi connectivity index (χ1) is 12.0. The number of thiazole rings is 1. The molecule has 0 spiro atoms. The van der Waals surface area contributed by atoms with Crippen molar-refractivity contribution in [1.82, 2.24) is 9.88 Å². The van der Waals surface area contributed by atoms with E-state index in [0.717, 1.165) is 42.7 Å². The lowest BCUT2D eigenvalue weighted by Gasteiger charge is -2.29. The van der Waals surface area contributed by atoms with Gasteiger partial charge in [-0.05, 0) is 33.1 Å². The van der Waals surface area contributed by atoms with E-state index in [1.54, 1.807) is 12.0 Å². The predicted molar refractivity (Wildman–Crippen MR) is 99.9 cm³/mol. The van der Waals surface area contributed by atoms with E-state index in [1.807, 2.05) is 13.8 Å². The van der Waals surface area contributed by atoms with Crippen LogP contribution in [0.5, 0.6) is 0 Å². The van der Waals surface area contributed by atoms with Crippen molar-refractivity contribution in [3.63, 3.8) is 0 Å². The van der Waals surface area contributed by atoms with E-state index < -0.39 is 0 Å². The summed E-state index contributed by atoms with van der Waals surface area (Å²) < 4.78 is 5.09. The SMILES string of the molecule is COCCCN(CC(=O)Nc1nc(C)c(C)s1)C(=O)C1CCCCC1. The summed E-state index contributed by atoms with van der Waals surface area (Å²) in [6.45, 7) is 5.11. The first-order valence-corrected chi connectivity index (χ1v) is 9.84. The van der Waals surface area contributed by atoms with E-state index in [1.165, 1.54) is 17.8 Å². The van der Waals surface area contributed by atoms with Gasteiger partial charge in [-0.15, -0.1) is 11.3 Å². The highest BCUT2D eigenvalue weighted by atomic mass is 32.1. The van der Waals surface area contributed by atoms with Crippen LogP contribution in [0, 0.1) is 19.8 Å². The Labute approximate surface area is 154 Å². The van der Waals surface area contributed by atoms with Crippen molar-refractivity contribution in [3.05, 3.63) is 10.6 Å². The summed E-state index contributed by atoms with van der Waals surface area (Å²) in [6.07, 6.45) is 6.02. The molecule has 0 radical (unpaired) electrons. The minimum absolute atomic E-state index is 0.0634. The van der Waals surface area contributed by atoms with Crippen molar-refractivity contribution in [3.8, 4) is 0 Å². The van der Waals surface area contributed by atoms with Crippen molar-refractivity contribution in [1.29, 1.82) is 0 Å². The van der Waals surface area contributed by atoms with Gasteiger partial charge in [0.2, 0.25) is 11.8 Å². The Morgan fingerprint density at radius 1 is 1.28 bits per heavy atom. The molecule has 0 bridgehead atoms. The van der Waals surface area contributed by atoms with Gasteiger partial charge in [-0.2, -0.15) is 0 Å². The summed E-state index contributed by atoms with van der Waals surface area (Å²) in [5, 5.41) is 3.42. The largest absolute Gasteiger partial charge is 0.385 e.